The Morgan fingerprint density at radius 3 is 2.88 bits per heavy atom. The van der Waals surface area contributed by atoms with Gasteiger partial charge in [0.1, 0.15) is 23.0 Å². The summed E-state index contributed by atoms with van der Waals surface area (Å²) >= 11 is 0. The molecule has 160 valence electrons. The molecule has 2 amide bonds. The van der Waals surface area contributed by atoms with Crippen LogP contribution in [0.25, 0.3) is 0 Å². The van der Waals surface area contributed by atoms with Crippen LogP contribution in [0.2, 0.25) is 0 Å². The van der Waals surface area contributed by atoms with E-state index in [-0.39, 0.29) is 30.3 Å². The highest BCUT2D eigenvalue weighted by Gasteiger charge is 2.55. The van der Waals surface area contributed by atoms with Crippen molar-refractivity contribution in [3.63, 3.8) is 0 Å². The average Bonchev–Trinajstić information content (AvgIpc) is 3.12. The first-order valence-corrected chi connectivity index (χ1v) is 9.90. The summed E-state index contributed by atoms with van der Waals surface area (Å²) in [6.07, 6.45) is 0.779. The first kappa shape index (κ1) is 19.8. The average molecular weight is 434 g/mol. The van der Waals surface area contributed by atoms with Crippen LogP contribution in [0.15, 0.2) is 36.4 Å². The second kappa shape index (κ2) is 7.23. The van der Waals surface area contributed by atoms with Gasteiger partial charge in [0.05, 0.1) is 17.3 Å². The molecule has 2 bridgehead atoms. The van der Waals surface area contributed by atoms with E-state index in [1.807, 2.05) is 6.07 Å². The molecule has 32 heavy (non-hydrogen) atoms. The number of carbonyl (C=O) groups excluding carboxylic acids is 2. The van der Waals surface area contributed by atoms with Gasteiger partial charge in [-0.2, -0.15) is 5.26 Å². The van der Waals surface area contributed by atoms with Crippen LogP contribution in [0, 0.1) is 23.0 Å². The van der Waals surface area contributed by atoms with Crippen LogP contribution >= 0.6 is 0 Å². The quantitative estimate of drug-likeness (QED) is 0.582. The Labute approximate surface area is 180 Å². The van der Waals surface area contributed by atoms with Crippen LogP contribution < -0.4 is 10.6 Å². The number of rotatable bonds is 4. The van der Waals surface area contributed by atoms with E-state index in [0.29, 0.717) is 29.4 Å². The summed E-state index contributed by atoms with van der Waals surface area (Å²) in [5, 5.41) is 20.8. The van der Waals surface area contributed by atoms with Gasteiger partial charge in [0, 0.05) is 12.5 Å². The topological polar surface area (TPSA) is 124 Å². The van der Waals surface area contributed by atoms with Crippen molar-refractivity contribution >= 4 is 17.5 Å². The first-order chi connectivity index (χ1) is 15.4. The van der Waals surface area contributed by atoms with Crippen LogP contribution in [0.1, 0.15) is 51.9 Å². The number of nitrogens with one attached hydrogen (secondary N) is 3. The van der Waals surface area contributed by atoms with Crippen LogP contribution in [0.3, 0.4) is 0 Å². The second-order valence-corrected chi connectivity index (χ2v) is 8.04. The molecule has 1 fully saturated rings. The summed E-state index contributed by atoms with van der Waals surface area (Å²) in [5.41, 5.74) is 0.428. The molecular weight excluding hydrogens is 418 g/mol. The molecule has 10 heteroatoms. The lowest BCUT2D eigenvalue weighted by atomic mass is 9.66. The molecule has 1 aromatic heterocycles. The molecule has 0 atom stereocenters. The molecule has 8 nitrogen and oxygen atoms in total. The van der Waals surface area contributed by atoms with E-state index in [4.69, 9.17) is 5.26 Å². The summed E-state index contributed by atoms with van der Waals surface area (Å²) < 4.78 is 27.8. The summed E-state index contributed by atoms with van der Waals surface area (Å²) in [4.78, 5) is 29.7. The zero-order valence-electron chi connectivity index (χ0n) is 16.6. The third-order valence-electron chi connectivity index (χ3n) is 5.90. The third kappa shape index (κ3) is 3.28. The van der Waals surface area contributed by atoms with Crippen LogP contribution in [0.4, 0.5) is 14.5 Å². The number of anilines is 1. The smallest absolute Gasteiger partial charge is 0.291 e. The molecule has 3 aliphatic rings. The number of aromatic amines is 1. The number of H-pyrrole nitrogens is 1. The molecule has 2 aliphatic heterocycles. The van der Waals surface area contributed by atoms with Gasteiger partial charge >= 0.3 is 0 Å². The van der Waals surface area contributed by atoms with Gasteiger partial charge in [-0.05, 0) is 48.1 Å². The number of nitrogens with zero attached hydrogens (tertiary/aromatic N) is 3. The number of aromatic nitrogens is 3. The van der Waals surface area contributed by atoms with E-state index >= 15 is 0 Å². The lowest BCUT2D eigenvalue weighted by molar-refractivity contribution is -0.125. The number of carbonyl (C=O) groups is 2. The summed E-state index contributed by atoms with van der Waals surface area (Å²) in [6, 6.07) is 11.0. The molecule has 3 aromatic rings. The van der Waals surface area contributed by atoms with E-state index in [1.165, 1.54) is 6.07 Å². The molecule has 1 aliphatic carbocycles. The predicted octanol–water partition coefficient (Wildman–Crippen LogP) is 2.54. The molecule has 3 heterocycles. The molecule has 0 saturated heterocycles. The highest BCUT2D eigenvalue weighted by atomic mass is 19.1. The summed E-state index contributed by atoms with van der Waals surface area (Å²) in [6.45, 7) is 0. The number of nitriles is 1. The fourth-order valence-electron chi connectivity index (χ4n) is 4.32. The van der Waals surface area contributed by atoms with E-state index in [9.17, 15) is 18.4 Å². The first-order valence-electron chi connectivity index (χ1n) is 9.90. The van der Waals surface area contributed by atoms with Crippen molar-refractivity contribution in [1.29, 1.82) is 5.26 Å². The van der Waals surface area contributed by atoms with Gasteiger partial charge in [0.25, 0.3) is 5.91 Å². The maximum Gasteiger partial charge on any atom is 0.291 e. The fraction of sp³-hybridized carbons (Fsp3) is 0.227. The van der Waals surface area contributed by atoms with Crippen molar-refractivity contribution in [2.24, 2.45) is 0 Å². The number of fused-ring (bicyclic) bond motifs is 1. The van der Waals surface area contributed by atoms with Crippen LogP contribution in [0.5, 0.6) is 0 Å². The van der Waals surface area contributed by atoms with E-state index in [1.54, 1.807) is 18.2 Å². The van der Waals surface area contributed by atoms with Crippen molar-refractivity contribution < 1.29 is 18.4 Å². The Morgan fingerprint density at radius 1 is 1.28 bits per heavy atom. The number of benzene rings is 2. The van der Waals surface area contributed by atoms with Crippen molar-refractivity contribution in [3.05, 3.63) is 76.4 Å². The number of hydrogen-bond acceptors (Lipinski definition) is 5. The Balaban J connectivity index is 1.32. The Kier molecular flexibility index (Phi) is 4.48. The maximum absolute atomic E-state index is 14.2. The van der Waals surface area contributed by atoms with Crippen molar-refractivity contribution in [3.8, 4) is 6.07 Å². The number of hydrogen-bond donors (Lipinski definition) is 3. The Hall–Kier alpha value is -4.13. The maximum atomic E-state index is 14.2. The van der Waals surface area contributed by atoms with Crippen molar-refractivity contribution in [2.45, 2.75) is 30.7 Å². The molecule has 0 radical (unpaired) electrons. The van der Waals surface area contributed by atoms with Gasteiger partial charge in [0.15, 0.2) is 0 Å². The standard InChI is InChI=1S/C22H16F2N6O2/c23-14-6-15-13-8-22(9-13,21(32)27-18(15)16(24)7-14)28-20(31)19-26-17(29-30-19)5-11-2-1-3-12(4-11)10-25/h1-4,6-7,13H,5,8-9H2,(H,27,32)(H,28,31)(H,26,29,30). The van der Waals surface area contributed by atoms with Gasteiger partial charge in [-0.3, -0.25) is 14.7 Å². The van der Waals surface area contributed by atoms with Crippen molar-refractivity contribution in [1.82, 2.24) is 20.5 Å². The lowest BCUT2D eigenvalue weighted by Crippen LogP contribution is -2.62. The zero-order chi connectivity index (χ0) is 22.5. The molecule has 6 rings (SSSR count). The fourth-order valence-corrected chi connectivity index (χ4v) is 4.32. The minimum Gasteiger partial charge on any atom is -0.335 e. The summed E-state index contributed by atoms with van der Waals surface area (Å²) in [5.74, 6) is -2.75. The van der Waals surface area contributed by atoms with Gasteiger partial charge in [-0.25, -0.2) is 13.8 Å². The van der Waals surface area contributed by atoms with E-state index in [2.05, 4.69) is 31.9 Å². The van der Waals surface area contributed by atoms with Gasteiger partial charge in [-0.1, -0.05) is 12.1 Å². The monoisotopic (exact) mass is 434 g/mol. The van der Waals surface area contributed by atoms with Gasteiger partial charge in [0.2, 0.25) is 11.7 Å². The Bertz CT molecular complexity index is 1310. The van der Waals surface area contributed by atoms with Gasteiger partial charge < -0.3 is 10.6 Å². The van der Waals surface area contributed by atoms with Gasteiger partial charge in [-0.15, -0.1) is 5.10 Å². The minimum atomic E-state index is -1.24. The predicted molar refractivity (Wildman–Crippen MR) is 108 cm³/mol. The highest BCUT2D eigenvalue weighted by Crippen LogP contribution is 2.51. The minimum absolute atomic E-state index is 0.0465. The number of amides is 2. The normalized spacial score (nSPS) is 20.9. The molecule has 0 unspecified atom stereocenters. The zero-order valence-corrected chi connectivity index (χ0v) is 16.6. The van der Waals surface area contributed by atoms with E-state index in [0.717, 1.165) is 5.56 Å². The summed E-state index contributed by atoms with van der Waals surface area (Å²) in [7, 11) is 0. The molecule has 1 saturated carbocycles. The van der Waals surface area contributed by atoms with Crippen LogP contribution in [-0.2, 0) is 11.2 Å². The SMILES string of the molecule is N#Cc1cccc(Cc2nc(C(=O)NC34CC(C3)c3cc(F)cc(F)c3NC4=O)n[nH]2)c1. The van der Waals surface area contributed by atoms with Crippen molar-refractivity contribution in [2.75, 3.05) is 5.32 Å². The number of halogens is 2. The lowest BCUT2D eigenvalue weighted by Gasteiger charge is -2.44. The second-order valence-electron chi connectivity index (χ2n) is 8.04. The molecule has 2 aromatic carbocycles. The van der Waals surface area contributed by atoms with Crippen LogP contribution in [-0.4, -0.2) is 32.5 Å². The highest BCUT2D eigenvalue weighted by molar-refractivity contribution is 6.05. The molecule has 3 N–H and O–H groups in total. The Morgan fingerprint density at radius 2 is 2.09 bits per heavy atom. The largest absolute Gasteiger partial charge is 0.335 e. The molecule has 0 spiro atoms. The third-order valence-corrected chi connectivity index (χ3v) is 5.90. The molecular formula is C22H16F2N6O2. The van der Waals surface area contributed by atoms with E-state index < -0.39 is 29.0 Å².